The van der Waals surface area contributed by atoms with Crippen molar-refractivity contribution < 1.29 is 27.8 Å². The second-order valence-corrected chi connectivity index (χ2v) is 13.2. The number of ether oxygens (including phenoxy) is 2. The van der Waals surface area contributed by atoms with Crippen molar-refractivity contribution in [2.24, 2.45) is 13.0 Å². The van der Waals surface area contributed by atoms with Crippen LogP contribution in [0.3, 0.4) is 0 Å². The van der Waals surface area contributed by atoms with Gasteiger partial charge >= 0.3 is 0 Å². The molecule has 1 aromatic heterocycles. The first-order valence-electron chi connectivity index (χ1n) is 14.4. The van der Waals surface area contributed by atoms with Gasteiger partial charge in [-0.25, -0.2) is 8.42 Å². The SMILES string of the molecule is COc1ccccc1S(=O)(=O)N(C)C[C@H]1OCc2ccccc2-c2c(n(C)c3ccccc23)C(=O)N([C@H](C)CO)C[C@@H]1C. The maximum atomic E-state index is 14.5. The fourth-order valence-corrected chi connectivity index (χ4v) is 7.21. The normalized spacial score (nSPS) is 18.7. The van der Waals surface area contributed by atoms with Gasteiger partial charge in [-0.1, -0.05) is 61.5 Å². The number of hydrogen-bond acceptors (Lipinski definition) is 6. The first kappa shape index (κ1) is 30.7. The Morgan fingerprint density at radius 3 is 2.49 bits per heavy atom. The monoisotopic (exact) mass is 605 g/mol. The summed E-state index contributed by atoms with van der Waals surface area (Å²) in [7, 11) is 0.944. The van der Waals surface area contributed by atoms with Crippen LogP contribution >= 0.6 is 0 Å². The Balaban J connectivity index is 1.60. The van der Waals surface area contributed by atoms with Crippen molar-refractivity contribution in [2.75, 3.05) is 33.9 Å². The highest BCUT2D eigenvalue weighted by Crippen LogP contribution is 2.38. The van der Waals surface area contributed by atoms with Gasteiger partial charge in [0.1, 0.15) is 16.3 Å². The number of amides is 1. The van der Waals surface area contributed by atoms with Crippen LogP contribution in [0.5, 0.6) is 5.75 Å². The molecule has 4 aromatic rings. The molecule has 0 fully saturated rings. The van der Waals surface area contributed by atoms with E-state index in [1.54, 1.807) is 23.1 Å². The largest absolute Gasteiger partial charge is 0.495 e. The minimum atomic E-state index is -3.92. The molecule has 0 radical (unpaired) electrons. The summed E-state index contributed by atoms with van der Waals surface area (Å²) >= 11 is 0. The highest BCUT2D eigenvalue weighted by atomic mass is 32.2. The molecule has 0 saturated heterocycles. The molecule has 5 rings (SSSR count). The summed E-state index contributed by atoms with van der Waals surface area (Å²) in [5, 5.41) is 11.2. The maximum Gasteiger partial charge on any atom is 0.271 e. The Morgan fingerprint density at radius 2 is 1.74 bits per heavy atom. The van der Waals surface area contributed by atoms with Crippen molar-refractivity contribution >= 4 is 26.8 Å². The number of carbonyl (C=O) groups excluding carboxylic acids is 1. The first-order chi connectivity index (χ1) is 20.6. The third-order valence-corrected chi connectivity index (χ3v) is 10.3. The van der Waals surface area contributed by atoms with Crippen molar-refractivity contribution in [3.8, 4) is 16.9 Å². The Bertz CT molecular complexity index is 1730. The van der Waals surface area contributed by atoms with Gasteiger partial charge in [-0.2, -0.15) is 4.31 Å². The molecule has 0 saturated carbocycles. The summed E-state index contributed by atoms with van der Waals surface area (Å²) in [6.07, 6.45) is -0.568. The highest BCUT2D eigenvalue weighted by molar-refractivity contribution is 7.89. The van der Waals surface area contributed by atoms with Crippen LogP contribution in [0.15, 0.2) is 77.7 Å². The van der Waals surface area contributed by atoms with Gasteiger partial charge in [-0.3, -0.25) is 4.79 Å². The number of carbonyl (C=O) groups is 1. The van der Waals surface area contributed by atoms with E-state index >= 15 is 0 Å². The average Bonchev–Trinajstić information content (AvgIpc) is 3.31. The quantitative estimate of drug-likeness (QED) is 0.332. The number of aliphatic hydroxyl groups is 1. The standard InChI is InChI=1S/C33H39N3O6S/c1-22-18-36(23(2)20-37)33(38)32-31(26-14-8-9-15-27(26)35(32)4)25-13-7-6-12-24(25)21-42-29(22)19-34(3)43(39,40)30-17-11-10-16-28(30)41-5/h6-17,22-23,29,37H,18-21H2,1-5H3/t22-,23+,29+/m0/s1. The molecular weight excluding hydrogens is 566 g/mol. The summed E-state index contributed by atoms with van der Waals surface area (Å²) in [5.74, 6) is -0.220. The van der Waals surface area contributed by atoms with E-state index in [9.17, 15) is 18.3 Å². The van der Waals surface area contributed by atoms with Crippen molar-refractivity contribution in [3.05, 3.63) is 84.1 Å². The van der Waals surface area contributed by atoms with E-state index in [1.807, 2.05) is 74.0 Å². The van der Waals surface area contributed by atoms with Crippen LogP contribution in [0.1, 0.15) is 29.9 Å². The number of aromatic nitrogens is 1. The Morgan fingerprint density at radius 1 is 1.07 bits per heavy atom. The molecule has 10 heteroatoms. The van der Waals surface area contributed by atoms with Gasteiger partial charge in [0, 0.05) is 49.6 Å². The van der Waals surface area contributed by atoms with Crippen LogP contribution in [0.4, 0.5) is 0 Å². The fraction of sp³-hybridized carbons (Fsp3) is 0.364. The van der Waals surface area contributed by atoms with Crippen molar-refractivity contribution in [3.63, 3.8) is 0 Å². The lowest BCUT2D eigenvalue weighted by molar-refractivity contribution is -0.0147. The van der Waals surface area contributed by atoms with Gasteiger partial charge in [0.05, 0.1) is 32.5 Å². The second-order valence-electron chi connectivity index (χ2n) is 11.2. The predicted octanol–water partition coefficient (Wildman–Crippen LogP) is 4.53. The molecule has 0 aliphatic carbocycles. The van der Waals surface area contributed by atoms with E-state index in [0.717, 1.165) is 27.6 Å². The maximum absolute atomic E-state index is 14.5. The Kier molecular flexibility index (Phi) is 8.94. The lowest BCUT2D eigenvalue weighted by atomic mass is 9.96. The summed E-state index contributed by atoms with van der Waals surface area (Å²) < 4.78 is 42.4. The van der Waals surface area contributed by atoms with E-state index in [0.29, 0.717) is 5.69 Å². The number of rotatable bonds is 7. The minimum Gasteiger partial charge on any atom is -0.495 e. The van der Waals surface area contributed by atoms with E-state index in [2.05, 4.69) is 0 Å². The number of methoxy groups -OCH3 is 1. The molecule has 1 amide bonds. The number of aryl methyl sites for hydroxylation is 1. The van der Waals surface area contributed by atoms with Gasteiger partial charge in [-0.15, -0.1) is 0 Å². The van der Waals surface area contributed by atoms with Crippen LogP contribution in [0.25, 0.3) is 22.0 Å². The second kappa shape index (κ2) is 12.5. The summed E-state index contributed by atoms with van der Waals surface area (Å²) in [4.78, 5) is 16.2. The highest BCUT2D eigenvalue weighted by Gasteiger charge is 2.35. The molecular formula is C33H39N3O6S. The van der Waals surface area contributed by atoms with Gasteiger partial charge in [0.25, 0.3) is 5.91 Å². The smallest absolute Gasteiger partial charge is 0.271 e. The van der Waals surface area contributed by atoms with Crippen LogP contribution in [0.2, 0.25) is 0 Å². The number of benzene rings is 3. The van der Waals surface area contributed by atoms with Gasteiger partial charge in [0.2, 0.25) is 10.0 Å². The molecule has 0 spiro atoms. The van der Waals surface area contributed by atoms with Gasteiger partial charge in [0.15, 0.2) is 0 Å². The summed E-state index contributed by atoms with van der Waals surface area (Å²) in [6.45, 7) is 4.07. The minimum absolute atomic E-state index is 0.0507. The number of aliphatic hydroxyl groups excluding tert-OH is 1. The molecule has 0 bridgehead atoms. The predicted molar refractivity (Wildman–Crippen MR) is 166 cm³/mol. The molecule has 1 aliphatic heterocycles. The number of sulfonamides is 1. The van der Waals surface area contributed by atoms with E-state index in [-0.39, 0.29) is 48.8 Å². The first-order valence-corrected chi connectivity index (χ1v) is 15.8. The van der Waals surface area contributed by atoms with Crippen molar-refractivity contribution in [2.45, 2.75) is 37.5 Å². The number of hydrogen-bond donors (Lipinski definition) is 1. The van der Waals surface area contributed by atoms with Crippen LogP contribution in [-0.2, 0) is 28.4 Å². The lowest BCUT2D eigenvalue weighted by Crippen LogP contribution is -2.48. The summed E-state index contributed by atoms with van der Waals surface area (Å²) in [6, 6.07) is 21.8. The van der Waals surface area contributed by atoms with Gasteiger partial charge < -0.3 is 24.0 Å². The molecule has 3 aromatic carbocycles. The van der Waals surface area contributed by atoms with Gasteiger partial charge in [-0.05, 0) is 36.2 Å². The number of fused-ring (bicyclic) bond motifs is 5. The zero-order chi connectivity index (χ0) is 30.9. The van der Waals surface area contributed by atoms with Crippen LogP contribution in [-0.4, -0.2) is 79.2 Å². The molecule has 43 heavy (non-hydrogen) atoms. The summed E-state index contributed by atoms with van der Waals surface area (Å²) in [5.41, 5.74) is 4.06. The average molecular weight is 606 g/mol. The molecule has 9 nitrogen and oxygen atoms in total. The van der Waals surface area contributed by atoms with Crippen LogP contribution < -0.4 is 4.74 Å². The molecule has 1 aliphatic rings. The number of nitrogens with zero attached hydrogens (tertiary/aromatic N) is 3. The van der Waals surface area contributed by atoms with Crippen LogP contribution in [0, 0.1) is 5.92 Å². The van der Waals surface area contributed by atoms with Crippen molar-refractivity contribution in [1.82, 2.24) is 13.8 Å². The fourth-order valence-electron chi connectivity index (χ4n) is 5.88. The number of para-hydroxylation sites is 2. The Hall–Kier alpha value is -3.70. The van der Waals surface area contributed by atoms with E-state index in [1.165, 1.54) is 24.5 Å². The molecule has 0 unspecified atom stereocenters. The lowest BCUT2D eigenvalue weighted by Gasteiger charge is -2.35. The molecule has 3 atom stereocenters. The Labute approximate surface area is 253 Å². The third-order valence-electron chi connectivity index (χ3n) is 8.42. The number of likely N-dealkylation sites (N-methyl/N-ethyl adjacent to an activating group) is 1. The third kappa shape index (κ3) is 5.68. The molecule has 1 N–H and O–H groups in total. The topological polar surface area (TPSA) is 101 Å². The van der Waals surface area contributed by atoms with E-state index in [4.69, 9.17) is 9.47 Å². The zero-order valence-corrected chi connectivity index (χ0v) is 26.0. The van der Waals surface area contributed by atoms with E-state index < -0.39 is 22.2 Å². The van der Waals surface area contributed by atoms with Crippen molar-refractivity contribution in [1.29, 1.82) is 0 Å². The molecule has 2 heterocycles. The molecule has 228 valence electrons. The zero-order valence-electron chi connectivity index (χ0n) is 25.2.